The molecule has 0 radical (unpaired) electrons. The fourth-order valence-electron chi connectivity index (χ4n) is 2.63. The third kappa shape index (κ3) is 3.03. The molecule has 1 fully saturated rings. The Kier molecular flexibility index (Phi) is 4.61. The molecular weight excluding hydrogens is 226 g/mol. The van der Waals surface area contributed by atoms with Gasteiger partial charge >= 0.3 is 0 Å². The smallest absolute Gasteiger partial charge is 0.120 e. The minimum absolute atomic E-state index is 0.186. The van der Waals surface area contributed by atoms with Gasteiger partial charge in [-0.05, 0) is 32.3 Å². The lowest BCUT2D eigenvalue weighted by Gasteiger charge is -2.26. The van der Waals surface area contributed by atoms with E-state index in [2.05, 4.69) is 19.2 Å². The third-order valence-electron chi connectivity index (χ3n) is 3.71. The summed E-state index contributed by atoms with van der Waals surface area (Å²) in [6.45, 7) is 5.18. The van der Waals surface area contributed by atoms with Gasteiger partial charge in [-0.25, -0.2) is 0 Å². The van der Waals surface area contributed by atoms with Crippen molar-refractivity contribution in [3.8, 4) is 5.75 Å². The van der Waals surface area contributed by atoms with Crippen LogP contribution in [0.2, 0.25) is 0 Å². The van der Waals surface area contributed by atoms with E-state index in [1.54, 1.807) is 6.07 Å². The van der Waals surface area contributed by atoms with Gasteiger partial charge in [0.15, 0.2) is 0 Å². The number of ether oxygens (including phenoxy) is 1. The van der Waals surface area contributed by atoms with E-state index in [4.69, 9.17) is 4.74 Å². The maximum Gasteiger partial charge on any atom is 0.120 e. The summed E-state index contributed by atoms with van der Waals surface area (Å²) in [5, 5.41) is 13.5. The molecule has 1 aromatic rings. The number of nitrogens with one attached hydrogen (secondary N) is 1. The first-order valence-corrected chi connectivity index (χ1v) is 6.88. The number of rotatable bonds is 5. The summed E-state index contributed by atoms with van der Waals surface area (Å²) in [6, 6.07) is 8.06. The summed E-state index contributed by atoms with van der Waals surface area (Å²) in [5.74, 6) is 0.372. The van der Waals surface area contributed by atoms with E-state index in [1.807, 2.05) is 18.2 Å². The second-order valence-electron chi connectivity index (χ2n) is 5.03. The molecule has 18 heavy (non-hydrogen) atoms. The van der Waals surface area contributed by atoms with Crippen LogP contribution in [-0.2, 0) is 4.74 Å². The third-order valence-corrected chi connectivity index (χ3v) is 3.71. The molecule has 0 aromatic heterocycles. The van der Waals surface area contributed by atoms with Crippen LogP contribution in [0.1, 0.15) is 44.7 Å². The predicted molar refractivity (Wildman–Crippen MR) is 72.7 cm³/mol. The van der Waals surface area contributed by atoms with Crippen molar-refractivity contribution in [2.45, 2.75) is 51.3 Å². The predicted octanol–water partition coefficient (Wildman–Crippen LogP) is 3.00. The zero-order valence-corrected chi connectivity index (χ0v) is 11.2. The molecular formula is C15H23NO2. The molecule has 0 spiro atoms. The highest BCUT2D eigenvalue weighted by Gasteiger charge is 2.25. The molecule has 3 nitrogen and oxygen atoms in total. The standard InChI is InChI=1S/C15H23NO2/c1-3-13(12-7-4-5-8-14(12)17)16-11(2)15-9-6-10-18-15/h4-5,7-8,11,13,15-17H,3,6,9-10H2,1-2H3. The zero-order valence-electron chi connectivity index (χ0n) is 11.2. The SMILES string of the molecule is CCC(NC(C)C1CCCO1)c1ccccc1O. The number of aromatic hydroxyl groups is 1. The molecule has 2 N–H and O–H groups in total. The molecule has 1 heterocycles. The van der Waals surface area contributed by atoms with Crippen LogP contribution in [0.15, 0.2) is 24.3 Å². The normalized spacial score (nSPS) is 22.9. The van der Waals surface area contributed by atoms with E-state index in [9.17, 15) is 5.11 Å². The molecule has 2 rings (SSSR count). The van der Waals surface area contributed by atoms with Gasteiger partial charge in [0.25, 0.3) is 0 Å². The van der Waals surface area contributed by atoms with E-state index < -0.39 is 0 Å². The van der Waals surface area contributed by atoms with Crippen molar-refractivity contribution in [1.82, 2.24) is 5.32 Å². The number of para-hydroxylation sites is 1. The van der Waals surface area contributed by atoms with Gasteiger partial charge in [-0.3, -0.25) is 0 Å². The number of phenolic OH excluding ortho intramolecular Hbond substituents is 1. The van der Waals surface area contributed by atoms with Gasteiger partial charge in [-0.1, -0.05) is 25.1 Å². The van der Waals surface area contributed by atoms with Crippen LogP contribution >= 0.6 is 0 Å². The van der Waals surface area contributed by atoms with Crippen molar-refractivity contribution < 1.29 is 9.84 Å². The summed E-state index contributed by atoms with van der Waals surface area (Å²) in [5.41, 5.74) is 0.977. The Morgan fingerprint density at radius 1 is 1.44 bits per heavy atom. The van der Waals surface area contributed by atoms with Crippen molar-refractivity contribution in [2.75, 3.05) is 6.61 Å². The highest BCUT2D eigenvalue weighted by Crippen LogP contribution is 2.27. The summed E-state index contributed by atoms with van der Waals surface area (Å²) in [6.07, 6.45) is 3.55. The number of benzene rings is 1. The fraction of sp³-hybridized carbons (Fsp3) is 0.600. The molecule has 1 aromatic carbocycles. The molecule has 0 bridgehead atoms. The highest BCUT2D eigenvalue weighted by molar-refractivity contribution is 5.34. The van der Waals surface area contributed by atoms with Crippen molar-refractivity contribution in [3.63, 3.8) is 0 Å². The Bertz CT molecular complexity index is 375. The monoisotopic (exact) mass is 249 g/mol. The first kappa shape index (κ1) is 13.4. The van der Waals surface area contributed by atoms with Gasteiger partial charge in [-0.15, -0.1) is 0 Å². The van der Waals surface area contributed by atoms with Crippen LogP contribution in [0.3, 0.4) is 0 Å². The average Bonchev–Trinajstić information content (AvgIpc) is 2.90. The van der Waals surface area contributed by atoms with Crippen LogP contribution in [-0.4, -0.2) is 23.9 Å². The lowest BCUT2D eigenvalue weighted by molar-refractivity contribution is 0.0793. The Labute approximate surface area is 109 Å². The number of phenols is 1. The van der Waals surface area contributed by atoms with E-state index in [0.29, 0.717) is 17.9 Å². The molecule has 1 aliphatic heterocycles. The van der Waals surface area contributed by atoms with Gasteiger partial charge < -0.3 is 15.2 Å². The lowest BCUT2D eigenvalue weighted by atomic mass is 10.0. The maximum absolute atomic E-state index is 9.92. The van der Waals surface area contributed by atoms with Gasteiger partial charge in [0, 0.05) is 24.3 Å². The highest BCUT2D eigenvalue weighted by atomic mass is 16.5. The summed E-state index contributed by atoms with van der Waals surface area (Å²) in [7, 11) is 0. The van der Waals surface area contributed by atoms with Crippen LogP contribution in [0.5, 0.6) is 5.75 Å². The average molecular weight is 249 g/mol. The van der Waals surface area contributed by atoms with Crippen LogP contribution in [0.4, 0.5) is 0 Å². The van der Waals surface area contributed by atoms with Crippen molar-refractivity contribution in [3.05, 3.63) is 29.8 Å². The van der Waals surface area contributed by atoms with Crippen LogP contribution in [0.25, 0.3) is 0 Å². The lowest BCUT2D eigenvalue weighted by Crippen LogP contribution is -2.39. The van der Waals surface area contributed by atoms with Crippen LogP contribution < -0.4 is 5.32 Å². The van der Waals surface area contributed by atoms with E-state index in [-0.39, 0.29) is 6.04 Å². The molecule has 3 atom stereocenters. The zero-order chi connectivity index (χ0) is 13.0. The van der Waals surface area contributed by atoms with Crippen molar-refractivity contribution in [2.24, 2.45) is 0 Å². The van der Waals surface area contributed by atoms with E-state index >= 15 is 0 Å². The second kappa shape index (κ2) is 6.21. The largest absolute Gasteiger partial charge is 0.508 e. The molecule has 100 valence electrons. The minimum atomic E-state index is 0.186. The van der Waals surface area contributed by atoms with E-state index in [0.717, 1.165) is 31.4 Å². The Balaban J connectivity index is 2.02. The molecule has 0 amide bonds. The van der Waals surface area contributed by atoms with E-state index in [1.165, 1.54) is 0 Å². The molecule has 1 aliphatic rings. The quantitative estimate of drug-likeness (QED) is 0.843. The summed E-state index contributed by atoms with van der Waals surface area (Å²) < 4.78 is 5.70. The maximum atomic E-state index is 9.92. The molecule has 0 aliphatic carbocycles. The molecule has 1 saturated heterocycles. The van der Waals surface area contributed by atoms with Gasteiger partial charge in [-0.2, -0.15) is 0 Å². The first-order valence-electron chi connectivity index (χ1n) is 6.88. The molecule has 3 unspecified atom stereocenters. The Hall–Kier alpha value is -1.06. The van der Waals surface area contributed by atoms with Crippen molar-refractivity contribution >= 4 is 0 Å². The first-order chi connectivity index (χ1) is 8.72. The van der Waals surface area contributed by atoms with Gasteiger partial charge in [0.1, 0.15) is 5.75 Å². The van der Waals surface area contributed by atoms with Gasteiger partial charge in [0.05, 0.1) is 6.10 Å². The minimum Gasteiger partial charge on any atom is -0.508 e. The number of hydrogen-bond donors (Lipinski definition) is 2. The fourth-order valence-corrected chi connectivity index (χ4v) is 2.63. The molecule has 0 saturated carbocycles. The Morgan fingerprint density at radius 2 is 2.22 bits per heavy atom. The van der Waals surface area contributed by atoms with Crippen LogP contribution in [0, 0.1) is 0 Å². The number of hydrogen-bond acceptors (Lipinski definition) is 3. The van der Waals surface area contributed by atoms with Crippen molar-refractivity contribution in [1.29, 1.82) is 0 Å². The molecule has 3 heteroatoms. The second-order valence-corrected chi connectivity index (χ2v) is 5.03. The van der Waals surface area contributed by atoms with Gasteiger partial charge in [0.2, 0.25) is 0 Å². The Morgan fingerprint density at radius 3 is 2.83 bits per heavy atom. The topological polar surface area (TPSA) is 41.5 Å². The summed E-state index contributed by atoms with van der Waals surface area (Å²) >= 11 is 0. The summed E-state index contributed by atoms with van der Waals surface area (Å²) in [4.78, 5) is 0.